The van der Waals surface area contributed by atoms with E-state index in [-0.39, 0.29) is 0 Å². The van der Waals surface area contributed by atoms with Crippen LogP contribution >= 0.6 is 0 Å². The molecule has 1 aliphatic heterocycles. The maximum absolute atomic E-state index is 3.47. The van der Waals surface area contributed by atoms with Crippen molar-refractivity contribution in [3.8, 4) is 0 Å². The Morgan fingerprint density at radius 1 is 1.50 bits per heavy atom. The van der Waals surface area contributed by atoms with Crippen LogP contribution in [0.3, 0.4) is 0 Å². The fourth-order valence-electron chi connectivity index (χ4n) is 1.99. The zero-order chi connectivity index (χ0) is 8.97. The Balaban J connectivity index is 2.46. The molecule has 0 aromatic rings. The fraction of sp³-hybridized carbons (Fsp3) is 1.00. The minimum absolute atomic E-state index is 0.772. The average molecular weight is 170 g/mol. The van der Waals surface area contributed by atoms with Crippen molar-refractivity contribution >= 4 is 0 Å². The third-order valence-electron chi connectivity index (χ3n) is 3.11. The molecule has 2 unspecified atom stereocenters. The zero-order valence-electron chi connectivity index (χ0n) is 8.64. The van der Waals surface area contributed by atoms with Crippen molar-refractivity contribution in [2.75, 3.05) is 26.2 Å². The molecule has 1 heterocycles. The Hall–Kier alpha value is -0.0800. The minimum atomic E-state index is 0.772. The van der Waals surface area contributed by atoms with E-state index in [4.69, 9.17) is 0 Å². The van der Waals surface area contributed by atoms with E-state index in [1.165, 1.54) is 32.6 Å². The first-order chi connectivity index (χ1) is 5.79. The van der Waals surface area contributed by atoms with E-state index in [0.717, 1.165) is 12.0 Å². The molecule has 2 atom stereocenters. The van der Waals surface area contributed by atoms with Crippen molar-refractivity contribution in [2.24, 2.45) is 5.92 Å². The molecule has 0 bridgehead atoms. The van der Waals surface area contributed by atoms with E-state index >= 15 is 0 Å². The van der Waals surface area contributed by atoms with Crippen LogP contribution in [0.1, 0.15) is 27.2 Å². The van der Waals surface area contributed by atoms with Crippen molar-refractivity contribution in [3.05, 3.63) is 0 Å². The molecule has 1 saturated heterocycles. The molecule has 0 saturated carbocycles. The van der Waals surface area contributed by atoms with Gasteiger partial charge in [0.1, 0.15) is 0 Å². The summed E-state index contributed by atoms with van der Waals surface area (Å²) in [6.07, 6.45) is 1.29. The fourth-order valence-corrected chi connectivity index (χ4v) is 1.99. The number of hydrogen-bond acceptors (Lipinski definition) is 2. The minimum Gasteiger partial charge on any atom is -0.314 e. The third-order valence-corrected chi connectivity index (χ3v) is 3.11. The smallest absolute Gasteiger partial charge is 0.0246 e. The van der Waals surface area contributed by atoms with Crippen molar-refractivity contribution in [3.63, 3.8) is 0 Å². The summed E-state index contributed by atoms with van der Waals surface area (Å²) in [5.41, 5.74) is 0. The maximum Gasteiger partial charge on any atom is 0.0246 e. The Morgan fingerprint density at radius 2 is 2.25 bits per heavy atom. The summed E-state index contributed by atoms with van der Waals surface area (Å²) in [5, 5.41) is 3.47. The summed E-state index contributed by atoms with van der Waals surface area (Å²) in [6.45, 7) is 11.7. The second-order valence-electron chi connectivity index (χ2n) is 3.79. The van der Waals surface area contributed by atoms with Crippen LogP contribution in [0.2, 0.25) is 0 Å². The van der Waals surface area contributed by atoms with Crippen LogP contribution in [-0.4, -0.2) is 37.1 Å². The molecule has 1 aliphatic rings. The van der Waals surface area contributed by atoms with Crippen LogP contribution in [0.5, 0.6) is 0 Å². The quantitative estimate of drug-likeness (QED) is 0.687. The molecule has 1 fully saturated rings. The second-order valence-corrected chi connectivity index (χ2v) is 3.79. The van der Waals surface area contributed by atoms with Gasteiger partial charge < -0.3 is 5.32 Å². The maximum atomic E-state index is 3.47. The molecule has 0 amide bonds. The summed E-state index contributed by atoms with van der Waals surface area (Å²) in [5.74, 6) is 0.831. The first kappa shape index (κ1) is 10.0. The predicted molar refractivity (Wildman–Crippen MR) is 53.4 cm³/mol. The normalized spacial score (nSPS) is 28.8. The molecule has 0 aromatic carbocycles. The molecule has 72 valence electrons. The molecule has 1 N–H and O–H groups in total. The first-order valence-electron chi connectivity index (χ1n) is 5.24. The van der Waals surface area contributed by atoms with E-state index in [2.05, 4.69) is 31.0 Å². The molecule has 2 heteroatoms. The summed E-state index contributed by atoms with van der Waals surface area (Å²) < 4.78 is 0. The Bertz CT molecular complexity index is 125. The van der Waals surface area contributed by atoms with Crippen LogP contribution in [0.15, 0.2) is 0 Å². The molecular weight excluding hydrogens is 148 g/mol. The molecule has 0 aliphatic carbocycles. The van der Waals surface area contributed by atoms with Crippen molar-refractivity contribution in [2.45, 2.75) is 33.2 Å². The highest BCUT2D eigenvalue weighted by Crippen LogP contribution is 2.15. The highest BCUT2D eigenvalue weighted by molar-refractivity contribution is 4.82. The van der Waals surface area contributed by atoms with Crippen molar-refractivity contribution < 1.29 is 0 Å². The highest BCUT2D eigenvalue weighted by Gasteiger charge is 2.24. The number of nitrogens with zero attached hydrogens (tertiary/aromatic N) is 1. The SMILES string of the molecule is CCC(C)C1CNCCN1CC. The Morgan fingerprint density at radius 3 is 2.83 bits per heavy atom. The van der Waals surface area contributed by atoms with Gasteiger partial charge in [-0.05, 0) is 12.5 Å². The summed E-state index contributed by atoms with van der Waals surface area (Å²) >= 11 is 0. The first-order valence-corrected chi connectivity index (χ1v) is 5.24. The van der Waals surface area contributed by atoms with E-state index in [1.54, 1.807) is 0 Å². The number of likely N-dealkylation sites (N-methyl/N-ethyl adjacent to an activating group) is 1. The summed E-state index contributed by atoms with van der Waals surface area (Å²) in [4.78, 5) is 2.60. The summed E-state index contributed by atoms with van der Waals surface area (Å²) in [6, 6.07) is 0.772. The van der Waals surface area contributed by atoms with Crippen LogP contribution in [0.25, 0.3) is 0 Å². The van der Waals surface area contributed by atoms with Gasteiger partial charge in [0.15, 0.2) is 0 Å². The zero-order valence-corrected chi connectivity index (χ0v) is 8.64. The van der Waals surface area contributed by atoms with Gasteiger partial charge in [0.25, 0.3) is 0 Å². The number of hydrogen-bond donors (Lipinski definition) is 1. The van der Waals surface area contributed by atoms with E-state index in [0.29, 0.717) is 0 Å². The lowest BCUT2D eigenvalue weighted by Gasteiger charge is -2.38. The van der Waals surface area contributed by atoms with Gasteiger partial charge in [0.05, 0.1) is 0 Å². The van der Waals surface area contributed by atoms with Gasteiger partial charge in [0.2, 0.25) is 0 Å². The standard InChI is InChI=1S/C10H22N2/c1-4-9(3)10-8-11-6-7-12(10)5-2/h9-11H,4-8H2,1-3H3. The van der Waals surface area contributed by atoms with Crippen LogP contribution in [0, 0.1) is 5.92 Å². The van der Waals surface area contributed by atoms with Crippen LogP contribution < -0.4 is 5.32 Å². The number of piperazine rings is 1. The number of nitrogens with one attached hydrogen (secondary N) is 1. The lowest BCUT2D eigenvalue weighted by Crippen LogP contribution is -2.53. The third kappa shape index (κ3) is 2.20. The second kappa shape index (κ2) is 4.83. The van der Waals surface area contributed by atoms with Gasteiger partial charge in [-0.15, -0.1) is 0 Å². The van der Waals surface area contributed by atoms with E-state index in [1.807, 2.05) is 0 Å². The van der Waals surface area contributed by atoms with Crippen LogP contribution in [0.4, 0.5) is 0 Å². The molecule has 0 aromatic heterocycles. The highest BCUT2D eigenvalue weighted by atomic mass is 15.2. The Kier molecular flexibility index (Phi) is 4.02. The lowest BCUT2D eigenvalue weighted by atomic mass is 9.96. The molecule has 12 heavy (non-hydrogen) atoms. The molecular formula is C10H22N2. The average Bonchev–Trinajstić information content (AvgIpc) is 2.16. The molecule has 1 rings (SSSR count). The van der Waals surface area contributed by atoms with E-state index in [9.17, 15) is 0 Å². The lowest BCUT2D eigenvalue weighted by molar-refractivity contribution is 0.123. The van der Waals surface area contributed by atoms with Gasteiger partial charge in [-0.25, -0.2) is 0 Å². The van der Waals surface area contributed by atoms with Gasteiger partial charge in [-0.3, -0.25) is 4.90 Å². The largest absolute Gasteiger partial charge is 0.314 e. The van der Waals surface area contributed by atoms with Crippen molar-refractivity contribution in [1.29, 1.82) is 0 Å². The predicted octanol–water partition coefficient (Wildman–Crippen LogP) is 1.33. The van der Waals surface area contributed by atoms with Gasteiger partial charge >= 0.3 is 0 Å². The molecule has 0 spiro atoms. The van der Waals surface area contributed by atoms with Crippen molar-refractivity contribution in [1.82, 2.24) is 10.2 Å². The van der Waals surface area contributed by atoms with Gasteiger partial charge in [-0.1, -0.05) is 27.2 Å². The van der Waals surface area contributed by atoms with E-state index < -0.39 is 0 Å². The van der Waals surface area contributed by atoms with Gasteiger partial charge in [-0.2, -0.15) is 0 Å². The Labute approximate surface area is 76.3 Å². The summed E-state index contributed by atoms with van der Waals surface area (Å²) in [7, 11) is 0. The monoisotopic (exact) mass is 170 g/mol. The molecule has 2 nitrogen and oxygen atoms in total. The van der Waals surface area contributed by atoms with Gasteiger partial charge in [0, 0.05) is 25.7 Å². The number of rotatable bonds is 3. The topological polar surface area (TPSA) is 15.3 Å². The molecule has 0 radical (unpaired) electrons. The van der Waals surface area contributed by atoms with Crippen LogP contribution in [-0.2, 0) is 0 Å².